The minimum Gasteiger partial charge on any atom is -0.507 e. The predicted octanol–water partition coefficient (Wildman–Crippen LogP) is 2.11. The lowest BCUT2D eigenvalue weighted by Crippen LogP contribution is -2.51. The van der Waals surface area contributed by atoms with Crippen LogP contribution in [0.1, 0.15) is 17.3 Å². The lowest BCUT2D eigenvalue weighted by Gasteiger charge is -2.32. The number of rotatable bonds is 4. The van der Waals surface area contributed by atoms with E-state index >= 15 is 0 Å². The van der Waals surface area contributed by atoms with E-state index in [2.05, 4.69) is 10.0 Å². The van der Waals surface area contributed by atoms with Gasteiger partial charge in [-0.15, -0.1) is 23.7 Å². The van der Waals surface area contributed by atoms with Gasteiger partial charge in [0.15, 0.2) is 0 Å². The van der Waals surface area contributed by atoms with E-state index in [1.807, 2.05) is 6.92 Å². The fourth-order valence-electron chi connectivity index (χ4n) is 2.68. The molecular formula is C16H20ClN3O4S2. The van der Waals surface area contributed by atoms with E-state index in [0.717, 1.165) is 11.3 Å². The minimum atomic E-state index is -3.69. The molecule has 1 aromatic heterocycles. The highest BCUT2D eigenvalue weighted by Crippen LogP contribution is 2.26. The fourth-order valence-corrected chi connectivity index (χ4v) is 4.73. The third kappa shape index (κ3) is 4.47. The van der Waals surface area contributed by atoms with E-state index in [1.165, 1.54) is 24.3 Å². The van der Waals surface area contributed by atoms with Crippen molar-refractivity contribution in [2.45, 2.75) is 17.2 Å². The molecule has 0 aliphatic carbocycles. The molecule has 1 saturated heterocycles. The molecule has 0 radical (unpaired) electrons. The van der Waals surface area contributed by atoms with Crippen molar-refractivity contribution >= 4 is 45.4 Å². The van der Waals surface area contributed by atoms with Gasteiger partial charge in [0.1, 0.15) is 9.96 Å². The Labute approximate surface area is 162 Å². The van der Waals surface area contributed by atoms with Crippen LogP contribution < -0.4 is 10.0 Å². The molecule has 142 valence electrons. The molecule has 1 atom stereocenters. The van der Waals surface area contributed by atoms with Gasteiger partial charge in [-0.25, -0.2) is 8.42 Å². The lowest BCUT2D eigenvalue weighted by atomic mass is 10.1. The standard InChI is InChI=1S/C16H19N3O4S2.ClH/c1-11-10-19(7-6-17-11)16(21)13-5-4-12(9-14(13)20)18-25(22,23)15-3-2-8-24-15;/h2-5,8-9,11,17-18,20H,6-7,10H2,1H3;1H/t11-;/m1./s1. The van der Waals surface area contributed by atoms with Crippen molar-refractivity contribution in [1.29, 1.82) is 0 Å². The number of carbonyl (C=O) groups is 1. The number of carbonyl (C=O) groups excluding carboxylic acids is 1. The van der Waals surface area contributed by atoms with Crippen molar-refractivity contribution in [2.24, 2.45) is 0 Å². The fraction of sp³-hybridized carbons (Fsp3) is 0.312. The van der Waals surface area contributed by atoms with E-state index in [-0.39, 0.29) is 45.6 Å². The number of nitrogens with one attached hydrogen (secondary N) is 2. The quantitative estimate of drug-likeness (QED) is 0.707. The van der Waals surface area contributed by atoms with Crippen molar-refractivity contribution in [1.82, 2.24) is 10.2 Å². The van der Waals surface area contributed by atoms with Crippen LogP contribution in [0, 0.1) is 0 Å². The first-order valence-corrected chi connectivity index (χ1v) is 10.1. The Morgan fingerprint density at radius 1 is 1.38 bits per heavy atom. The first kappa shape index (κ1) is 20.5. The number of amides is 1. The molecule has 1 aromatic carbocycles. The third-order valence-electron chi connectivity index (χ3n) is 3.90. The minimum absolute atomic E-state index is 0. The van der Waals surface area contributed by atoms with Crippen LogP contribution >= 0.6 is 23.7 Å². The highest BCUT2D eigenvalue weighted by atomic mass is 35.5. The monoisotopic (exact) mass is 417 g/mol. The van der Waals surface area contributed by atoms with Gasteiger partial charge in [0.2, 0.25) is 0 Å². The number of sulfonamides is 1. The molecule has 0 saturated carbocycles. The smallest absolute Gasteiger partial charge is 0.271 e. The summed E-state index contributed by atoms with van der Waals surface area (Å²) < 4.78 is 27.0. The van der Waals surface area contributed by atoms with Gasteiger partial charge in [0.25, 0.3) is 15.9 Å². The second kappa shape index (κ2) is 8.26. The number of benzene rings is 1. The van der Waals surface area contributed by atoms with E-state index < -0.39 is 10.0 Å². The molecule has 26 heavy (non-hydrogen) atoms. The van der Waals surface area contributed by atoms with Gasteiger partial charge in [-0.05, 0) is 30.5 Å². The summed E-state index contributed by atoms with van der Waals surface area (Å²) in [7, 11) is -3.69. The van der Waals surface area contributed by atoms with Crippen LogP contribution in [-0.2, 0) is 10.0 Å². The zero-order chi connectivity index (χ0) is 18.0. The summed E-state index contributed by atoms with van der Waals surface area (Å²) in [6, 6.07) is 7.50. The van der Waals surface area contributed by atoms with Crippen LogP contribution in [0.25, 0.3) is 0 Å². The topological polar surface area (TPSA) is 98.7 Å². The SMILES string of the molecule is C[C@@H]1CN(C(=O)c2ccc(NS(=O)(=O)c3cccs3)cc2O)CCN1.Cl. The molecule has 1 aliphatic rings. The zero-order valence-electron chi connectivity index (χ0n) is 14.0. The Morgan fingerprint density at radius 3 is 2.77 bits per heavy atom. The predicted molar refractivity (Wildman–Crippen MR) is 104 cm³/mol. The molecule has 0 bridgehead atoms. The summed E-state index contributed by atoms with van der Waals surface area (Å²) in [4.78, 5) is 14.2. The Kier molecular flexibility index (Phi) is 6.51. The molecule has 10 heteroatoms. The Morgan fingerprint density at radius 2 is 2.15 bits per heavy atom. The van der Waals surface area contributed by atoms with Crippen molar-refractivity contribution in [2.75, 3.05) is 24.4 Å². The molecule has 3 N–H and O–H groups in total. The van der Waals surface area contributed by atoms with Gasteiger partial charge in [-0.2, -0.15) is 0 Å². The Hall–Kier alpha value is -1.81. The van der Waals surface area contributed by atoms with Crippen LogP contribution in [0.4, 0.5) is 5.69 Å². The number of phenolic OH excluding ortho intramolecular Hbond substituents is 1. The molecule has 2 aromatic rings. The van der Waals surface area contributed by atoms with E-state index in [9.17, 15) is 18.3 Å². The maximum atomic E-state index is 12.6. The summed E-state index contributed by atoms with van der Waals surface area (Å²) in [5.74, 6) is -0.513. The van der Waals surface area contributed by atoms with Gasteiger partial charge >= 0.3 is 0 Å². The van der Waals surface area contributed by atoms with Crippen LogP contribution in [0.5, 0.6) is 5.75 Å². The van der Waals surface area contributed by atoms with Gasteiger partial charge in [-0.1, -0.05) is 6.07 Å². The van der Waals surface area contributed by atoms with Crippen LogP contribution in [-0.4, -0.2) is 50.0 Å². The van der Waals surface area contributed by atoms with Crippen molar-refractivity contribution in [3.63, 3.8) is 0 Å². The number of halogens is 1. The second-order valence-electron chi connectivity index (χ2n) is 5.88. The van der Waals surface area contributed by atoms with Crippen LogP contribution in [0.15, 0.2) is 39.9 Å². The maximum absolute atomic E-state index is 12.6. The second-order valence-corrected chi connectivity index (χ2v) is 8.73. The summed E-state index contributed by atoms with van der Waals surface area (Å²) in [5, 5.41) is 15.1. The number of hydrogen-bond acceptors (Lipinski definition) is 6. The summed E-state index contributed by atoms with van der Waals surface area (Å²) in [6.45, 7) is 3.81. The number of nitrogens with zero attached hydrogens (tertiary/aromatic N) is 1. The number of phenols is 1. The van der Waals surface area contributed by atoms with E-state index in [1.54, 1.807) is 16.3 Å². The van der Waals surface area contributed by atoms with Crippen molar-refractivity contribution in [3.8, 4) is 5.75 Å². The number of aromatic hydroxyl groups is 1. The molecular weight excluding hydrogens is 398 g/mol. The van der Waals surface area contributed by atoms with Crippen LogP contribution in [0.3, 0.4) is 0 Å². The number of piperazine rings is 1. The Balaban J connectivity index is 0.00000243. The summed E-state index contributed by atoms with van der Waals surface area (Å²) >= 11 is 1.10. The first-order valence-electron chi connectivity index (χ1n) is 7.79. The third-order valence-corrected chi connectivity index (χ3v) is 6.68. The molecule has 1 amide bonds. The number of anilines is 1. The van der Waals surface area contributed by atoms with Gasteiger partial charge in [0.05, 0.1) is 11.3 Å². The maximum Gasteiger partial charge on any atom is 0.271 e. The molecule has 2 heterocycles. The normalized spacial score (nSPS) is 17.4. The zero-order valence-corrected chi connectivity index (χ0v) is 16.5. The van der Waals surface area contributed by atoms with Crippen molar-refractivity contribution in [3.05, 3.63) is 41.3 Å². The van der Waals surface area contributed by atoms with Gasteiger partial charge < -0.3 is 15.3 Å². The van der Waals surface area contributed by atoms with Gasteiger partial charge in [-0.3, -0.25) is 9.52 Å². The molecule has 0 unspecified atom stereocenters. The lowest BCUT2D eigenvalue weighted by molar-refractivity contribution is 0.0706. The van der Waals surface area contributed by atoms with E-state index in [4.69, 9.17) is 0 Å². The Bertz CT molecular complexity index is 872. The highest BCUT2D eigenvalue weighted by Gasteiger charge is 2.24. The molecule has 1 aliphatic heterocycles. The first-order chi connectivity index (χ1) is 11.9. The number of hydrogen-bond donors (Lipinski definition) is 3. The molecule has 0 spiro atoms. The van der Waals surface area contributed by atoms with Gasteiger partial charge in [0, 0.05) is 31.7 Å². The summed E-state index contributed by atoms with van der Waals surface area (Å²) in [6.07, 6.45) is 0. The van der Waals surface area contributed by atoms with E-state index in [0.29, 0.717) is 19.6 Å². The molecule has 7 nitrogen and oxygen atoms in total. The van der Waals surface area contributed by atoms with Crippen molar-refractivity contribution < 1.29 is 18.3 Å². The average Bonchev–Trinajstić information content (AvgIpc) is 3.09. The summed E-state index contributed by atoms with van der Waals surface area (Å²) in [5.41, 5.74) is 0.365. The van der Waals surface area contributed by atoms with Crippen LogP contribution in [0.2, 0.25) is 0 Å². The molecule has 1 fully saturated rings. The largest absolute Gasteiger partial charge is 0.507 e. The highest BCUT2D eigenvalue weighted by molar-refractivity contribution is 7.94. The number of thiophene rings is 1. The average molecular weight is 418 g/mol. The molecule has 3 rings (SSSR count).